The zero-order valence-electron chi connectivity index (χ0n) is 19.1. The first kappa shape index (κ1) is 22.8. The third-order valence-corrected chi connectivity index (χ3v) is 7.08. The minimum absolute atomic E-state index is 0.00275. The van der Waals surface area contributed by atoms with Gasteiger partial charge in [0.15, 0.2) is 0 Å². The van der Waals surface area contributed by atoms with Crippen LogP contribution in [0, 0.1) is 0 Å². The van der Waals surface area contributed by atoms with Gasteiger partial charge in [-0.3, -0.25) is 19.3 Å². The van der Waals surface area contributed by atoms with E-state index in [4.69, 9.17) is 4.74 Å². The lowest BCUT2D eigenvalue weighted by Gasteiger charge is -2.48. The van der Waals surface area contributed by atoms with E-state index in [-0.39, 0.29) is 17.7 Å². The zero-order valence-corrected chi connectivity index (χ0v) is 19.1. The molecule has 0 aromatic heterocycles. The van der Waals surface area contributed by atoms with Crippen molar-refractivity contribution in [1.29, 1.82) is 0 Å². The number of benzene rings is 1. The number of carbonyl (C=O) groups is 3. The van der Waals surface area contributed by atoms with Gasteiger partial charge in [-0.2, -0.15) is 0 Å². The van der Waals surface area contributed by atoms with E-state index in [0.29, 0.717) is 62.7 Å². The maximum absolute atomic E-state index is 13.2. The first-order valence-corrected chi connectivity index (χ1v) is 12.1. The molecule has 0 spiro atoms. The highest BCUT2D eigenvalue weighted by atomic mass is 16.5. The number of hydrogen-bond donors (Lipinski definition) is 1. The Balaban J connectivity index is 1.23. The molecule has 4 rings (SSSR count). The van der Waals surface area contributed by atoms with E-state index < -0.39 is 5.66 Å². The van der Waals surface area contributed by atoms with E-state index >= 15 is 0 Å². The molecule has 1 aromatic rings. The van der Waals surface area contributed by atoms with E-state index in [0.717, 1.165) is 19.3 Å². The second kappa shape index (κ2) is 10.0. The predicted molar refractivity (Wildman–Crippen MR) is 122 cm³/mol. The monoisotopic (exact) mass is 441 g/mol. The molecule has 174 valence electrons. The fourth-order valence-corrected chi connectivity index (χ4v) is 5.31. The van der Waals surface area contributed by atoms with Crippen molar-refractivity contribution >= 4 is 23.4 Å². The molecule has 1 aliphatic carbocycles. The minimum Gasteiger partial charge on any atom is -0.378 e. The summed E-state index contributed by atoms with van der Waals surface area (Å²) in [5.41, 5.74) is 0.602. The number of amides is 3. The minimum atomic E-state index is -0.657. The lowest BCUT2D eigenvalue weighted by Crippen LogP contribution is -2.62. The van der Waals surface area contributed by atoms with E-state index in [1.807, 2.05) is 25.1 Å². The summed E-state index contributed by atoms with van der Waals surface area (Å²) in [6, 6.07) is 7.30. The van der Waals surface area contributed by atoms with Gasteiger partial charge < -0.3 is 15.0 Å². The molecule has 1 saturated heterocycles. The van der Waals surface area contributed by atoms with Crippen molar-refractivity contribution in [2.24, 2.45) is 0 Å². The van der Waals surface area contributed by atoms with E-state index in [9.17, 15) is 14.4 Å². The molecular weight excluding hydrogens is 406 g/mol. The van der Waals surface area contributed by atoms with Gasteiger partial charge in [0.2, 0.25) is 11.8 Å². The molecule has 1 saturated carbocycles. The lowest BCUT2D eigenvalue weighted by atomic mass is 9.98. The number of anilines is 1. The highest BCUT2D eigenvalue weighted by Crippen LogP contribution is 2.44. The molecule has 7 heteroatoms. The van der Waals surface area contributed by atoms with Crippen LogP contribution in [0.25, 0.3) is 0 Å². The number of carbonyl (C=O) groups excluding carboxylic acids is 3. The van der Waals surface area contributed by atoms with Crippen molar-refractivity contribution in [2.75, 3.05) is 24.6 Å². The molecule has 3 aliphatic rings. The Bertz CT molecular complexity index is 851. The topological polar surface area (TPSA) is 79.0 Å². The number of rotatable bonds is 9. The molecule has 1 unspecified atom stereocenters. The van der Waals surface area contributed by atoms with Gasteiger partial charge in [0.05, 0.1) is 17.4 Å². The Kier molecular flexibility index (Phi) is 7.13. The summed E-state index contributed by atoms with van der Waals surface area (Å²) >= 11 is 0. The largest absolute Gasteiger partial charge is 0.378 e. The van der Waals surface area contributed by atoms with Crippen LogP contribution in [0.5, 0.6) is 0 Å². The Morgan fingerprint density at radius 1 is 1.16 bits per heavy atom. The van der Waals surface area contributed by atoms with Crippen molar-refractivity contribution < 1.29 is 19.1 Å². The fraction of sp³-hybridized carbons (Fsp3) is 0.640. The molecule has 1 atom stereocenters. The van der Waals surface area contributed by atoms with Gasteiger partial charge in [-0.05, 0) is 51.2 Å². The van der Waals surface area contributed by atoms with Crippen molar-refractivity contribution in [3.8, 4) is 0 Å². The number of nitrogens with zero attached hydrogens (tertiary/aromatic N) is 2. The third kappa shape index (κ3) is 4.68. The van der Waals surface area contributed by atoms with Crippen LogP contribution >= 0.6 is 0 Å². The second-order valence-electron chi connectivity index (χ2n) is 9.36. The number of ether oxygens (including phenoxy) is 1. The number of hydrogen-bond acceptors (Lipinski definition) is 4. The van der Waals surface area contributed by atoms with Crippen molar-refractivity contribution in [1.82, 2.24) is 10.2 Å². The van der Waals surface area contributed by atoms with Gasteiger partial charge in [-0.25, -0.2) is 0 Å². The van der Waals surface area contributed by atoms with Crippen LogP contribution in [0.3, 0.4) is 0 Å². The van der Waals surface area contributed by atoms with Gasteiger partial charge in [0, 0.05) is 32.5 Å². The first-order chi connectivity index (χ1) is 15.5. The second-order valence-corrected chi connectivity index (χ2v) is 9.36. The average Bonchev–Trinajstić information content (AvgIpc) is 3.11. The Morgan fingerprint density at radius 3 is 2.75 bits per heavy atom. The molecule has 2 fully saturated rings. The molecule has 1 aromatic carbocycles. The Hall–Kier alpha value is -2.41. The lowest BCUT2D eigenvalue weighted by molar-refractivity contribution is -0.121. The zero-order chi connectivity index (χ0) is 22.6. The first-order valence-electron chi connectivity index (χ1n) is 12.1. The van der Waals surface area contributed by atoms with Gasteiger partial charge >= 0.3 is 0 Å². The Morgan fingerprint density at radius 2 is 1.94 bits per heavy atom. The van der Waals surface area contributed by atoms with Crippen LogP contribution in [0.2, 0.25) is 0 Å². The maximum atomic E-state index is 13.2. The molecule has 32 heavy (non-hydrogen) atoms. The molecule has 0 bridgehead atoms. The maximum Gasteiger partial charge on any atom is 0.257 e. The van der Waals surface area contributed by atoms with Gasteiger partial charge in [0.25, 0.3) is 5.91 Å². The van der Waals surface area contributed by atoms with Gasteiger partial charge in [-0.1, -0.05) is 31.4 Å². The summed E-state index contributed by atoms with van der Waals surface area (Å²) in [5.74, 6) is -0.0167. The summed E-state index contributed by atoms with van der Waals surface area (Å²) in [6.07, 6.45) is 9.34. The highest BCUT2D eigenvalue weighted by molar-refractivity contribution is 6.10. The van der Waals surface area contributed by atoms with Crippen LogP contribution in [-0.2, 0) is 14.3 Å². The van der Waals surface area contributed by atoms with Gasteiger partial charge in [-0.15, -0.1) is 0 Å². The van der Waals surface area contributed by atoms with Crippen molar-refractivity contribution in [3.63, 3.8) is 0 Å². The number of nitrogens with one attached hydrogen (secondary N) is 1. The standard InChI is InChI=1S/C25H35N3O4/c1-25-15-14-23(30)28(25)21-12-6-5-11-20(21)24(31)27(25)17-7-13-22(29)26-16-8-18-32-19-9-3-2-4-10-19/h5-6,11-12,19H,2-4,7-10,13-18H2,1H3,(H,26,29). The van der Waals surface area contributed by atoms with E-state index in [1.54, 1.807) is 15.9 Å². The molecular formula is C25H35N3O4. The van der Waals surface area contributed by atoms with Crippen LogP contribution in [0.1, 0.15) is 81.5 Å². The quantitative estimate of drug-likeness (QED) is 0.594. The summed E-state index contributed by atoms with van der Waals surface area (Å²) < 4.78 is 5.90. The number of para-hydroxylation sites is 1. The SMILES string of the molecule is CC12CCC(=O)N1c1ccccc1C(=O)N2CCCC(=O)NCCCOC1CCCCC1. The van der Waals surface area contributed by atoms with Crippen LogP contribution in [0.4, 0.5) is 5.69 Å². The average molecular weight is 442 g/mol. The molecule has 2 aliphatic heterocycles. The summed E-state index contributed by atoms with van der Waals surface area (Å²) in [5, 5.41) is 2.96. The Labute approximate surface area is 190 Å². The predicted octanol–water partition coefficient (Wildman–Crippen LogP) is 3.62. The number of fused-ring (bicyclic) bond motifs is 3. The molecule has 3 amide bonds. The highest BCUT2D eigenvalue weighted by Gasteiger charge is 2.52. The summed E-state index contributed by atoms with van der Waals surface area (Å²) in [6.45, 7) is 3.71. The smallest absolute Gasteiger partial charge is 0.257 e. The molecule has 0 radical (unpaired) electrons. The van der Waals surface area contributed by atoms with Crippen LogP contribution in [-0.4, -0.2) is 54.1 Å². The normalized spacial score (nSPS) is 23.3. The fourth-order valence-electron chi connectivity index (χ4n) is 5.31. The van der Waals surface area contributed by atoms with Gasteiger partial charge in [0.1, 0.15) is 5.66 Å². The van der Waals surface area contributed by atoms with Crippen molar-refractivity contribution in [3.05, 3.63) is 29.8 Å². The molecule has 1 N–H and O–H groups in total. The summed E-state index contributed by atoms with van der Waals surface area (Å²) in [4.78, 5) is 41.6. The third-order valence-electron chi connectivity index (χ3n) is 7.08. The van der Waals surface area contributed by atoms with Crippen molar-refractivity contribution in [2.45, 2.75) is 82.9 Å². The van der Waals surface area contributed by atoms with Crippen LogP contribution < -0.4 is 10.2 Å². The van der Waals surface area contributed by atoms with Crippen LogP contribution in [0.15, 0.2) is 24.3 Å². The van der Waals surface area contributed by atoms with E-state index in [2.05, 4.69) is 5.32 Å². The molecule has 7 nitrogen and oxygen atoms in total. The summed E-state index contributed by atoms with van der Waals surface area (Å²) in [7, 11) is 0. The van der Waals surface area contributed by atoms with E-state index in [1.165, 1.54) is 19.3 Å². The molecule has 2 heterocycles.